The highest BCUT2D eigenvalue weighted by Gasteiger charge is 2.02. The summed E-state index contributed by atoms with van der Waals surface area (Å²) in [5, 5.41) is 4.13. The van der Waals surface area contributed by atoms with Crippen LogP contribution in [0, 0.1) is 0 Å². The summed E-state index contributed by atoms with van der Waals surface area (Å²) in [5.41, 5.74) is 1.61. The Morgan fingerprint density at radius 3 is 2.72 bits per heavy atom. The minimum atomic E-state index is 0.443. The molecule has 94 valence electrons. The van der Waals surface area contributed by atoms with E-state index in [1.165, 1.54) is 6.33 Å². The first-order valence-corrected chi connectivity index (χ1v) is 5.96. The SMILES string of the molecule is COCc1cc(Nc2ccc(Cl)c(Cl)c2)ncn1. The van der Waals surface area contributed by atoms with Crippen molar-refractivity contribution in [2.24, 2.45) is 0 Å². The van der Waals surface area contributed by atoms with Gasteiger partial charge in [-0.1, -0.05) is 23.2 Å². The molecule has 0 saturated carbocycles. The molecule has 0 fully saturated rings. The Hall–Kier alpha value is -1.36. The van der Waals surface area contributed by atoms with E-state index in [1.807, 2.05) is 12.1 Å². The molecule has 1 N–H and O–H groups in total. The van der Waals surface area contributed by atoms with Gasteiger partial charge in [0, 0.05) is 18.9 Å². The third-order valence-electron chi connectivity index (χ3n) is 2.21. The van der Waals surface area contributed by atoms with Gasteiger partial charge in [0.15, 0.2) is 0 Å². The lowest BCUT2D eigenvalue weighted by Gasteiger charge is -2.07. The van der Waals surface area contributed by atoms with Gasteiger partial charge in [0.25, 0.3) is 0 Å². The molecule has 0 amide bonds. The van der Waals surface area contributed by atoms with Crippen LogP contribution in [-0.4, -0.2) is 17.1 Å². The number of hydrogen-bond donors (Lipinski definition) is 1. The Labute approximate surface area is 115 Å². The van der Waals surface area contributed by atoms with E-state index in [2.05, 4.69) is 15.3 Å². The van der Waals surface area contributed by atoms with Gasteiger partial charge < -0.3 is 10.1 Å². The minimum absolute atomic E-state index is 0.443. The maximum Gasteiger partial charge on any atom is 0.134 e. The molecule has 0 aliphatic heterocycles. The van der Waals surface area contributed by atoms with Crippen molar-refractivity contribution in [2.45, 2.75) is 6.61 Å². The molecule has 0 aliphatic rings. The minimum Gasteiger partial charge on any atom is -0.378 e. The van der Waals surface area contributed by atoms with E-state index in [0.717, 1.165) is 11.4 Å². The molecule has 1 aromatic carbocycles. The highest BCUT2D eigenvalue weighted by atomic mass is 35.5. The van der Waals surface area contributed by atoms with Crippen molar-refractivity contribution in [2.75, 3.05) is 12.4 Å². The standard InChI is InChI=1S/C12H11Cl2N3O/c1-18-6-9-5-12(16-7-15-9)17-8-2-3-10(13)11(14)4-8/h2-5,7H,6H2,1H3,(H,15,16,17). The molecule has 4 nitrogen and oxygen atoms in total. The molecular formula is C12H11Cl2N3O. The average molecular weight is 284 g/mol. The van der Waals surface area contributed by atoms with Crippen LogP contribution in [0.2, 0.25) is 10.0 Å². The molecule has 0 unspecified atom stereocenters. The lowest BCUT2D eigenvalue weighted by atomic mass is 10.3. The van der Waals surface area contributed by atoms with Crippen LogP contribution in [0.15, 0.2) is 30.6 Å². The van der Waals surface area contributed by atoms with Gasteiger partial charge in [-0.2, -0.15) is 0 Å². The van der Waals surface area contributed by atoms with Gasteiger partial charge in [0.1, 0.15) is 12.1 Å². The zero-order valence-electron chi connectivity index (χ0n) is 9.65. The van der Waals surface area contributed by atoms with Gasteiger partial charge in [-0.15, -0.1) is 0 Å². The van der Waals surface area contributed by atoms with Crippen molar-refractivity contribution in [1.82, 2.24) is 9.97 Å². The average Bonchev–Trinajstić information content (AvgIpc) is 2.35. The van der Waals surface area contributed by atoms with Crippen LogP contribution in [0.4, 0.5) is 11.5 Å². The quantitative estimate of drug-likeness (QED) is 0.930. The highest BCUT2D eigenvalue weighted by molar-refractivity contribution is 6.42. The zero-order valence-corrected chi connectivity index (χ0v) is 11.2. The molecule has 0 radical (unpaired) electrons. The van der Waals surface area contributed by atoms with Gasteiger partial charge in [0.05, 0.1) is 22.3 Å². The van der Waals surface area contributed by atoms with Crippen LogP contribution in [-0.2, 0) is 11.3 Å². The summed E-state index contributed by atoms with van der Waals surface area (Å²) in [5.74, 6) is 0.676. The van der Waals surface area contributed by atoms with Crippen molar-refractivity contribution in [3.8, 4) is 0 Å². The van der Waals surface area contributed by atoms with E-state index in [0.29, 0.717) is 22.5 Å². The van der Waals surface area contributed by atoms with Crippen LogP contribution in [0.1, 0.15) is 5.69 Å². The largest absolute Gasteiger partial charge is 0.378 e. The summed E-state index contributed by atoms with van der Waals surface area (Å²) in [7, 11) is 1.62. The summed E-state index contributed by atoms with van der Waals surface area (Å²) < 4.78 is 5.01. The first kappa shape index (κ1) is 13.1. The molecular weight excluding hydrogens is 273 g/mol. The summed E-state index contributed by atoms with van der Waals surface area (Å²) in [6.45, 7) is 0.443. The highest BCUT2D eigenvalue weighted by Crippen LogP contribution is 2.26. The Bertz CT molecular complexity index is 549. The topological polar surface area (TPSA) is 47.0 Å². The lowest BCUT2D eigenvalue weighted by molar-refractivity contribution is 0.181. The predicted octanol–water partition coefficient (Wildman–Crippen LogP) is 3.67. The van der Waals surface area contributed by atoms with E-state index < -0.39 is 0 Å². The van der Waals surface area contributed by atoms with Crippen molar-refractivity contribution >= 4 is 34.7 Å². The third kappa shape index (κ3) is 3.32. The Morgan fingerprint density at radius 1 is 1.17 bits per heavy atom. The fourth-order valence-electron chi connectivity index (χ4n) is 1.41. The van der Waals surface area contributed by atoms with Crippen molar-refractivity contribution in [3.05, 3.63) is 46.3 Å². The number of rotatable bonds is 4. The molecule has 1 aromatic heterocycles. The Balaban J connectivity index is 2.17. The number of hydrogen-bond acceptors (Lipinski definition) is 4. The lowest BCUT2D eigenvalue weighted by Crippen LogP contribution is -1.98. The van der Waals surface area contributed by atoms with E-state index in [-0.39, 0.29) is 0 Å². The normalized spacial score (nSPS) is 10.4. The maximum absolute atomic E-state index is 5.94. The van der Waals surface area contributed by atoms with Crippen LogP contribution in [0.25, 0.3) is 0 Å². The summed E-state index contributed by atoms with van der Waals surface area (Å²) in [4.78, 5) is 8.19. The Morgan fingerprint density at radius 2 is 2.00 bits per heavy atom. The first-order chi connectivity index (χ1) is 8.69. The van der Waals surface area contributed by atoms with Crippen molar-refractivity contribution < 1.29 is 4.74 Å². The molecule has 0 atom stereocenters. The smallest absolute Gasteiger partial charge is 0.134 e. The Kier molecular flexibility index (Phi) is 4.36. The molecule has 0 spiro atoms. The summed E-state index contributed by atoms with van der Waals surface area (Å²) >= 11 is 11.8. The monoisotopic (exact) mass is 283 g/mol. The predicted molar refractivity (Wildman–Crippen MR) is 72.5 cm³/mol. The molecule has 2 aromatic rings. The number of methoxy groups -OCH3 is 1. The van der Waals surface area contributed by atoms with Gasteiger partial charge in [-0.05, 0) is 18.2 Å². The fraction of sp³-hybridized carbons (Fsp3) is 0.167. The zero-order chi connectivity index (χ0) is 13.0. The van der Waals surface area contributed by atoms with E-state index in [1.54, 1.807) is 19.2 Å². The number of nitrogens with zero attached hydrogens (tertiary/aromatic N) is 2. The van der Waals surface area contributed by atoms with E-state index >= 15 is 0 Å². The van der Waals surface area contributed by atoms with Crippen LogP contribution in [0.3, 0.4) is 0 Å². The van der Waals surface area contributed by atoms with Gasteiger partial charge in [0.2, 0.25) is 0 Å². The number of benzene rings is 1. The molecule has 0 bridgehead atoms. The van der Waals surface area contributed by atoms with Crippen LogP contribution < -0.4 is 5.32 Å². The van der Waals surface area contributed by atoms with Crippen LogP contribution in [0.5, 0.6) is 0 Å². The van der Waals surface area contributed by atoms with Gasteiger partial charge >= 0.3 is 0 Å². The van der Waals surface area contributed by atoms with Crippen LogP contribution >= 0.6 is 23.2 Å². The molecule has 6 heteroatoms. The molecule has 0 saturated heterocycles. The van der Waals surface area contributed by atoms with Crippen molar-refractivity contribution in [3.63, 3.8) is 0 Å². The van der Waals surface area contributed by atoms with E-state index in [9.17, 15) is 0 Å². The number of anilines is 2. The number of aromatic nitrogens is 2. The molecule has 1 heterocycles. The number of ether oxygens (including phenoxy) is 1. The second-order valence-electron chi connectivity index (χ2n) is 3.58. The second kappa shape index (κ2) is 6.00. The molecule has 0 aliphatic carbocycles. The third-order valence-corrected chi connectivity index (χ3v) is 2.95. The molecule has 18 heavy (non-hydrogen) atoms. The molecule has 2 rings (SSSR count). The van der Waals surface area contributed by atoms with Gasteiger partial charge in [-0.25, -0.2) is 9.97 Å². The fourth-order valence-corrected chi connectivity index (χ4v) is 1.71. The summed E-state index contributed by atoms with van der Waals surface area (Å²) in [6.07, 6.45) is 1.48. The maximum atomic E-state index is 5.94. The number of nitrogens with one attached hydrogen (secondary N) is 1. The second-order valence-corrected chi connectivity index (χ2v) is 4.40. The number of halogens is 2. The van der Waals surface area contributed by atoms with Gasteiger partial charge in [-0.3, -0.25) is 0 Å². The first-order valence-electron chi connectivity index (χ1n) is 5.21. The van der Waals surface area contributed by atoms with E-state index in [4.69, 9.17) is 27.9 Å². The summed E-state index contributed by atoms with van der Waals surface area (Å²) in [6, 6.07) is 7.10. The van der Waals surface area contributed by atoms with Crippen molar-refractivity contribution in [1.29, 1.82) is 0 Å².